The second-order valence-corrected chi connectivity index (χ2v) is 11.2. The molecular formula is C20H21Cl3NO6P. The molecule has 1 heterocycles. The average Bonchev–Trinajstić information content (AvgIpc) is 2.72. The second-order valence-electron chi connectivity index (χ2n) is 6.91. The minimum atomic E-state index is -3.79. The zero-order valence-electron chi connectivity index (χ0n) is 16.2. The van der Waals surface area contributed by atoms with E-state index in [1.54, 1.807) is 30.3 Å². The largest absolute Gasteiger partial charge is 0.424 e. The van der Waals surface area contributed by atoms with E-state index in [2.05, 4.69) is 5.32 Å². The fourth-order valence-corrected chi connectivity index (χ4v) is 5.20. The Labute approximate surface area is 195 Å². The van der Waals surface area contributed by atoms with Crippen LogP contribution in [0.15, 0.2) is 60.7 Å². The zero-order chi connectivity index (χ0) is 22.5. The number of hydrogen-bond donors (Lipinski definition) is 2. The van der Waals surface area contributed by atoms with Crippen molar-refractivity contribution in [3.8, 4) is 5.75 Å². The van der Waals surface area contributed by atoms with Gasteiger partial charge in [0.2, 0.25) is 0 Å². The maximum Gasteiger partial charge on any atom is 0.381 e. The summed E-state index contributed by atoms with van der Waals surface area (Å²) in [5.74, 6) is -0.642. The van der Waals surface area contributed by atoms with E-state index < -0.39 is 35.5 Å². The first-order valence-electron chi connectivity index (χ1n) is 9.36. The molecule has 1 saturated heterocycles. The number of hydrogen-bond acceptors (Lipinski definition) is 6. The summed E-state index contributed by atoms with van der Waals surface area (Å²) in [5.41, 5.74) is 0.914. The van der Waals surface area contributed by atoms with Crippen LogP contribution in [0.4, 0.5) is 0 Å². The van der Waals surface area contributed by atoms with E-state index in [0.717, 1.165) is 5.56 Å². The van der Waals surface area contributed by atoms with Crippen LogP contribution >= 0.6 is 42.4 Å². The molecule has 1 aliphatic rings. The topological polar surface area (TPSA) is 94.1 Å². The van der Waals surface area contributed by atoms with Gasteiger partial charge in [-0.25, -0.2) is 4.57 Å². The lowest BCUT2D eigenvalue weighted by Crippen LogP contribution is -2.57. The Bertz CT molecular complexity index is 912. The van der Waals surface area contributed by atoms with Crippen LogP contribution < -0.4 is 9.84 Å². The van der Waals surface area contributed by atoms with Crippen molar-refractivity contribution in [3.05, 3.63) is 66.2 Å². The molecule has 2 aromatic carbocycles. The second kappa shape index (κ2) is 10.5. The standard InChI is InChI=1S/C20H21Cl3NO6P/c21-20(22,23)19(26)24-16-13-31(27,29-15-9-5-2-6-10-15)30-17(18(16)25)12-28-11-14-7-3-1-4-8-14/h1-10,16-18,25H,11-13H2,(H,24,26)/t16-,17+,18-,31+/m0/s1. The molecule has 2 aromatic rings. The van der Waals surface area contributed by atoms with Crippen molar-refractivity contribution in [1.29, 1.82) is 0 Å². The van der Waals surface area contributed by atoms with Gasteiger partial charge in [0, 0.05) is 0 Å². The van der Waals surface area contributed by atoms with Crippen molar-refractivity contribution >= 4 is 48.3 Å². The van der Waals surface area contributed by atoms with Crippen LogP contribution in [0.5, 0.6) is 5.75 Å². The molecule has 3 rings (SSSR count). The number of para-hydroxylation sites is 1. The Morgan fingerprint density at radius 1 is 1.13 bits per heavy atom. The third-order valence-corrected chi connectivity index (χ3v) is 6.90. The number of carbonyl (C=O) groups is 1. The highest BCUT2D eigenvalue weighted by atomic mass is 35.6. The number of aliphatic hydroxyl groups excluding tert-OH is 1. The van der Waals surface area contributed by atoms with Gasteiger partial charge in [0.1, 0.15) is 18.0 Å². The minimum Gasteiger partial charge on any atom is -0.424 e. The Balaban J connectivity index is 1.74. The molecule has 1 aliphatic heterocycles. The van der Waals surface area contributed by atoms with Crippen LogP contribution in [0.25, 0.3) is 0 Å². The fraction of sp³-hybridized carbons (Fsp3) is 0.350. The van der Waals surface area contributed by atoms with Crippen LogP contribution in [0.3, 0.4) is 0 Å². The number of halogens is 3. The van der Waals surface area contributed by atoms with Gasteiger partial charge >= 0.3 is 7.60 Å². The Kier molecular flexibility index (Phi) is 8.27. The Morgan fingerprint density at radius 2 is 1.74 bits per heavy atom. The lowest BCUT2D eigenvalue weighted by Gasteiger charge is -2.39. The number of carbonyl (C=O) groups excluding carboxylic acids is 1. The Hall–Kier alpha value is -1.31. The van der Waals surface area contributed by atoms with Gasteiger partial charge in [-0.15, -0.1) is 0 Å². The molecule has 2 N–H and O–H groups in total. The van der Waals surface area contributed by atoms with Crippen molar-refractivity contribution in [2.75, 3.05) is 12.8 Å². The number of benzene rings is 2. The SMILES string of the molecule is O=C(N[C@H]1C[P@@](=O)(Oc2ccccc2)O[C@H](COCc2ccccc2)[C@H]1O)C(Cl)(Cl)Cl. The van der Waals surface area contributed by atoms with Crippen LogP contribution in [0.1, 0.15) is 5.56 Å². The quantitative estimate of drug-likeness (QED) is 0.432. The van der Waals surface area contributed by atoms with Gasteiger partial charge in [0.05, 0.1) is 25.4 Å². The molecule has 168 valence electrons. The molecule has 1 fully saturated rings. The summed E-state index contributed by atoms with van der Waals surface area (Å²) in [5, 5.41) is 13.1. The molecule has 0 unspecified atom stereocenters. The average molecular weight is 509 g/mol. The molecule has 31 heavy (non-hydrogen) atoms. The van der Waals surface area contributed by atoms with Gasteiger partial charge in [-0.3, -0.25) is 9.32 Å². The molecule has 0 spiro atoms. The predicted molar refractivity (Wildman–Crippen MR) is 119 cm³/mol. The van der Waals surface area contributed by atoms with E-state index in [4.69, 9.17) is 48.6 Å². The number of rotatable bonds is 7. The lowest BCUT2D eigenvalue weighted by molar-refractivity contribution is -0.123. The third kappa shape index (κ3) is 7.09. The molecule has 0 radical (unpaired) electrons. The van der Waals surface area contributed by atoms with Crippen molar-refractivity contribution < 1.29 is 28.3 Å². The van der Waals surface area contributed by atoms with Crippen molar-refractivity contribution in [2.45, 2.75) is 28.6 Å². The van der Waals surface area contributed by atoms with E-state index in [-0.39, 0.29) is 19.4 Å². The summed E-state index contributed by atoms with van der Waals surface area (Å²) in [4.78, 5) is 12.1. The molecule has 1 amide bonds. The first-order chi connectivity index (χ1) is 14.7. The van der Waals surface area contributed by atoms with E-state index >= 15 is 0 Å². The molecular weight excluding hydrogens is 488 g/mol. The van der Waals surface area contributed by atoms with E-state index in [0.29, 0.717) is 5.75 Å². The summed E-state index contributed by atoms with van der Waals surface area (Å²) in [6, 6.07) is 16.8. The van der Waals surface area contributed by atoms with Crippen molar-refractivity contribution in [2.24, 2.45) is 0 Å². The summed E-state index contributed by atoms with van der Waals surface area (Å²) in [7, 11) is -3.79. The van der Waals surface area contributed by atoms with Gasteiger partial charge in [0.15, 0.2) is 0 Å². The van der Waals surface area contributed by atoms with Gasteiger partial charge in [-0.05, 0) is 17.7 Å². The normalized spacial score (nSPS) is 26.3. The first kappa shape index (κ1) is 24.3. The van der Waals surface area contributed by atoms with Crippen LogP contribution in [-0.4, -0.2) is 45.8 Å². The summed E-state index contributed by atoms with van der Waals surface area (Å²) < 4.78 is 28.0. The number of alkyl halides is 3. The lowest BCUT2D eigenvalue weighted by atomic mass is 10.1. The van der Waals surface area contributed by atoms with Gasteiger partial charge in [-0.1, -0.05) is 83.3 Å². The van der Waals surface area contributed by atoms with Gasteiger partial charge < -0.3 is 19.7 Å². The molecule has 0 saturated carbocycles. The molecule has 7 nitrogen and oxygen atoms in total. The van der Waals surface area contributed by atoms with E-state index in [1.165, 1.54) is 0 Å². The minimum absolute atomic E-state index is 0.0989. The predicted octanol–water partition coefficient (Wildman–Crippen LogP) is 4.09. The third-order valence-electron chi connectivity index (χ3n) is 4.46. The molecule has 0 aliphatic carbocycles. The highest BCUT2D eigenvalue weighted by molar-refractivity contribution is 7.54. The molecule has 11 heteroatoms. The highest BCUT2D eigenvalue weighted by Gasteiger charge is 2.48. The van der Waals surface area contributed by atoms with Crippen LogP contribution in [0, 0.1) is 0 Å². The fourth-order valence-electron chi connectivity index (χ4n) is 3.00. The summed E-state index contributed by atoms with van der Waals surface area (Å²) >= 11 is 16.9. The molecule has 4 atom stereocenters. The zero-order valence-corrected chi connectivity index (χ0v) is 19.4. The molecule has 0 bridgehead atoms. The van der Waals surface area contributed by atoms with Crippen LogP contribution in [-0.2, 0) is 25.2 Å². The van der Waals surface area contributed by atoms with Gasteiger partial charge in [-0.2, -0.15) is 0 Å². The summed E-state index contributed by atoms with van der Waals surface area (Å²) in [6.45, 7) is 0.154. The number of ether oxygens (including phenoxy) is 1. The number of aliphatic hydroxyl groups is 1. The number of nitrogens with one attached hydrogen (secondary N) is 1. The molecule has 0 aromatic heterocycles. The van der Waals surface area contributed by atoms with Crippen molar-refractivity contribution in [3.63, 3.8) is 0 Å². The first-order valence-corrected chi connectivity index (χ1v) is 12.2. The smallest absolute Gasteiger partial charge is 0.381 e. The summed E-state index contributed by atoms with van der Waals surface area (Å²) in [6.07, 6.45) is -2.63. The maximum absolute atomic E-state index is 13.4. The monoisotopic (exact) mass is 507 g/mol. The van der Waals surface area contributed by atoms with Crippen molar-refractivity contribution in [1.82, 2.24) is 5.32 Å². The van der Waals surface area contributed by atoms with E-state index in [9.17, 15) is 14.5 Å². The highest BCUT2D eigenvalue weighted by Crippen LogP contribution is 2.53. The maximum atomic E-state index is 13.4. The van der Waals surface area contributed by atoms with E-state index in [1.807, 2.05) is 30.3 Å². The van der Waals surface area contributed by atoms with Crippen LogP contribution in [0.2, 0.25) is 0 Å². The van der Waals surface area contributed by atoms with Gasteiger partial charge in [0.25, 0.3) is 9.70 Å². The Morgan fingerprint density at radius 3 is 2.35 bits per heavy atom. The number of amides is 1.